The highest BCUT2D eigenvalue weighted by molar-refractivity contribution is 7.12. The van der Waals surface area contributed by atoms with Crippen molar-refractivity contribution in [2.45, 2.75) is 27.7 Å². The second-order valence-corrected chi connectivity index (χ2v) is 8.22. The van der Waals surface area contributed by atoms with Gasteiger partial charge in [0.25, 0.3) is 5.91 Å². The van der Waals surface area contributed by atoms with Crippen molar-refractivity contribution in [2.75, 3.05) is 25.0 Å². The summed E-state index contributed by atoms with van der Waals surface area (Å²) in [5.41, 5.74) is 1.92. The number of amides is 2. The molecule has 2 aromatic rings. The molecule has 0 saturated carbocycles. The predicted molar refractivity (Wildman–Crippen MR) is 111 cm³/mol. The van der Waals surface area contributed by atoms with Crippen LogP contribution in [0.25, 0.3) is 0 Å². The van der Waals surface area contributed by atoms with E-state index in [1.807, 2.05) is 20.8 Å². The molecule has 0 fully saturated rings. The Kier molecular flexibility index (Phi) is 7.60. The minimum absolute atomic E-state index is 0.143. The van der Waals surface area contributed by atoms with E-state index in [-0.39, 0.29) is 12.5 Å². The van der Waals surface area contributed by atoms with E-state index >= 15 is 0 Å². The highest BCUT2D eigenvalue weighted by Crippen LogP contribution is 2.21. The standard InChI is InChI=1S/C20H23ClN2O4S/c1-5-23(10-18(24)22-17-9-15(21)7-6-12(17)2)19(25)11-27-20(26)16-8-13(3)28-14(16)4/h6-9H,5,10-11H2,1-4H3,(H,22,24). The van der Waals surface area contributed by atoms with Crippen LogP contribution >= 0.6 is 22.9 Å². The van der Waals surface area contributed by atoms with E-state index in [1.54, 1.807) is 31.2 Å². The molecule has 1 heterocycles. The number of likely N-dealkylation sites (N-methyl/N-ethyl adjacent to an activating group) is 1. The number of halogens is 1. The number of benzene rings is 1. The number of thiophene rings is 1. The summed E-state index contributed by atoms with van der Waals surface area (Å²) < 4.78 is 5.13. The third-order valence-electron chi connectivity index (χ3n) is 4.13. The Hall–Kier alpha value is -2.38. The minimum Gasteiger partial charge on any atom is -0.452 e. The van der Waals surface area contributed by atoms with Crippen LogP contribution in [-0.2, 0) is 14.3 Å². The van der Waals surface area contributed by atoms with Gasteiger partial charge in [-0.2, -0.15) is 0 Å². The summed E-state index contributed by atoms with van der Waals surface area (Å²) in [6.45, 7) is 7.09. The van der Waals surface area contributed by atoms with Crippen LogP contribution in [0.15, 0.2) is 24.3 Å². The molecule has 0 aliphatic heterocycles. The third kappa shape index (κ3) is 5.81. The summed E-state index contributed by atoms with van der Waals surface area (Å²) >= 11 is 7.45. The van der Waals surface area contributed by atoms with Crippen molar-refractivity contribution >= 4 is 46.4 Å². The minimum atomic E-state index is -0.537. The number of rotatable bonds is 7. The first kappa shape index (κ1) is 21.9. The lowest BCUT2D eigenvalue weighted by atomic mass is 10.2. The average molecular weight is 423 g/mol. The van der Waals surface area contributed by atoms with Gasteiger partial charge in [-0.25, -0.2) is 4.79 Å². The van der Waals surface area contributed by atoms with Gasteiger partial charge in [-0.05, 0) is 51.5 Å². The molecule has 1 aromatic carbocycles. The highest BCUT2D eigenvalue weighted by Gasteiger charge is 2.20. The second-order valence-electron chi connectivity index (χ2n) is 6.32. The number of hydrogen-bond acceptors (Lipinski definition) is 5. The van der Waals surface area contributed by atoms with Crippen molar-refractivity contribution in [2.24, 2.45) is 0 Å². The van der Waals surface area contributed by atoms with Crippen LogP contribution in [-0.4, -0.2) is 42.4 Å². The number of carbonyl (C=O) groups is 3. The quantitative estimate of drug-likeness (QED) is 0.685. The van der Waals surface area contributed by atoms with Crippen LogP contribution in [0.1, 0.15) is 32.6 Å². The average Bonchev–Trinajstić information content (AvgIpc) is 2.98. The van der Waals surface area contributed by atoms with Gasteiger partial charge in [0.1, 0.15) is 0 Å². The van der Waals surface area contributed by atoms with E-state index in [4.69, 9.17) is 16.3 Å². The molecule has 1 N–H and O–H groups in total. The maximum Gasteiger partial charge on any atom is 0.339 e. The molecule has 0 radical (unpaired) electrons. The fraction of sp³-hybridized carbons (Fsp3) is 0.350. The number of carbonyl (C=O) groups excluding carboxylic acids is 3. The number of anilines is 1. The Morgan fingerprint density at radius 3 is 2.50 bits per heavy atom. The molecule has 1 aromatic heterocycles. The number of nitrogens with zero attached hydrogens (tertiary/aromatic N) is 1. The van der Waals surface area contributed by atoms with E-state index in [0.717, 1.165) is 15.3 Å². The number of hydrogen-bond donors (Lipinski definition) is 1. The molecule has 0 aliphatic rings. The molecule has 2 amide bonds. The van der Waals surface area contributed by atoms with Crippen molar-refractivity contribution in [1.29, 1.82) is 0 Å². The smallest absolute Gasteiger partial charge is 0.339 e. The van der Waals surface area contributed by atoms with E-state index < -0.39 is 18.5 Å². The molecule has 28 heavy (non-hydrogen) atoms. The van der Waals surface area contributed by atoms with Gasteiger partial charge in [-0.15, -0.1) is 11.3 Å². The fourth-order valence-corrected chi connectivity index (χ4v) is 3.68. The zero-order valence-corrected chi connectivity index (χ0v) is 17.9. The number of ether oxygens (including phenoxy) is 1. The van der Waals surface area contributed by atoms with Crippen molar-refractivity contribution in [3.63, 3.8) is 0 Å². The van der Waals surface area contributed by atoms with Gasteiger partial charge in [0.2, 0.25) is 5.91 Å². The van der Waals surface area contributed by atoms with Crippen LogP contribution in [0.3, 0.4) is 0 Å². The lowest BCUT2D eigenvalue weighted by Gasteiger charge is -2.20. The normalized spacial score (nSPS) is 10.5. The molecule has 2 rings (SSSR count). The Bertz CT molecular complexity index is 894. The van der Waals surface area contributed by atoms with Gasteiger partial charge in [-0.1, -0.05) is 17.7 Å². The maximum atomic E-state index is 12.4. The van der Waals surface area contributed by atoms with Crippen molar-refractivity contribution in [3.05, 3.63) is 50.2 Å². The van der Waals surface area contributed by atoms with Crippen molar-refractivity contribution in [1.82, 2.24) is 4.90 Å². The zero-order valence-electron chi connectivity index (χ0n) is 16.3. The van der Waals surface area contributed by atoms with Crippen LogP contribution in [0, 0.1) is 20.8 Å². The lowest BCUT2D eigenvalue weighted by Crippen LogP contribution is -2.40. The molecule has 6 nitrogen and oxygen atoms in total. The molecule has 0 aliphatic carbocycles. The van der Waals surface area contributed by atoms with Crippen LogP contribution in [0.2, 0.25) is 5.02 Å². The summed E-state index contributed by atoms with van der Waals surface area (Å²) in [5, 5.41) is 3.26. The van der Waals surface area contributed by atoms with Crippen LogP contribution in [0.4, 0.5) is 5.69 Å². The number of esters is 1. The van der Waals surface area contributed by atoms with Gasteiger partial charge in [0.05, 0.1) is 12.1 Å². The summed E-state index contributed by atoms with van der Waals surface area (Å²) in [4.78, 5) is 40.0. The van der Waals surface area contributed by atoms with E-state index in [0.29, 0.717) is 22.8 Å². The van der Waals surface area contributed by atoms with E-state index in [9.17, 15) is 14.4 Å². The van der Waals surface area contributed by atoms with Gasteiger partial charge in [0, 0.05) is 27.0 Å². The van der Waals surface area contributed by atoms with Gasteiger partial charge in [0.15, 0.2) is 6.61 Å². The Balaban J connectivity index is 1.92. The summed E-state index contributed by atoms with van der Waals surface area (Å²) in [5.74, 6) is -1.32. The number of aryl methyl sites for hydroxylation is 3. The van der Waals surface area contributed by atoms with E-state index in [2.05, 4.69) is 5.32 Å². The summed E-state index contributed by atoms with van der Waals surface area (Å²) in [7, 11) is 0. The Labute approximate surface area is 173 Å². The number of nitrogens with one attached hydrogen (secondary N) is 1. The third-order valence-corrected chi connectivity index (χ3v) is 5.33. The van der Waals surface area contributed by atoms with Gasteiger partial charge < -0.3 is 15.0 Å². The largest absolute Gasteiger partial charge is 0.452 e. The molecular weight excluding hydrogens is 400 g/mol. The second kappa shape index (κ2) is 9.71. The molecule has 150 valence electrons. The predicted octanol–water partition coefficient (Wildman–Crippen LogP) is 3.97. The molecule has 0 saturated heterocycles. The van der Waals surface area contributed by atoms with Gasteiger partial charge in [-0.3, -0.25) is 9.59 Å². The van der Waals surface area contributed by atoms with E-state index in [1.165, 1.54) is 16.2 Å². The molecule has 0 spiro atoms. The highest BCUT2D eigenvalue weighted by atomic mass is 35.5. The topological polar surface area (TPSA) is 75.7 Å². The first-order valence-electron chi connectivity index (χ1n) is 8.79. The Morgan fingerprint density at radius 2 is 1.89 bits per heavy atom. The molecule has 0 atom stereocenters. The molecule has 0 bridgehead atoms. The SMILES string of the molecule is CCN(CC(=O)Nc1cc(Cl)ccc1C)C(=O)COC(=O)c1cc(C)sc1C. The first-order valence-corrected chi connectivity index (χ1v) is 9.98. The molecule has 0 unspecified atom stereocenters. The molecular formula is C20H23ClN2O4S. The van der Waals surface area contributed by atoms with Crippen molar-refractivity contribution in [3.8, 4) is 0 Å². The van der Waals surface area contributed by atoms with Gasteiger partial charge >= 0.3 is 5.97 Å². The lowest BCUT2D eigenvalue weighted by molar-refractivity contribution is -0.137. The maximum absolute atomic E-state index is 12.4. The molecule has 8 heteroatoms. The Morgan fingerprint density at radius 1 is 1.18 bits per heavy atom. The first-order chi connectivity index (χ1) is 13.2. The van der Waals surface area contributed by atoms with Crippen LogP contribution < -0.4 is 5.32 Å². The zero-order chi connectivity index (χ0) is 20.8. The van der Waals surface area contributed by atoms with Crippen LogP contribution in [0.5, 0.6) is 0 Å². The summed E-state index contributed by atoms with van der Waals surface area (Å²) in [6.07, 6.45) is 0. The fourth-order valence-electron chi connectivity index (χ4n) is 2.60. The van der Waals surface area contributed by atoms with Crippen molar-refractivity contribution < 1.29 is 19.1 Å². The summed E-state index contributed by atoms with van der Waals surface area (Å²) in [6, 6.07) is 6.93. The monoisotopic (exact) mass is 422 g/mol.